The third-order valence-corrected chi connectivity index (χ3v) is 2.47. The molecule has 1 aromatic heterocycles. The van der Waals surface area contributed by atoms with Crippen molar-refractivity contribution in [3.05, 3.63) is 67.3 Å². The maximum Gasteiger partial charge on any atom is 0.0951 e. The number of hydrogen-bond donors (Lipinski definition) is 0. The second-order valence-electron chi connectivity index (χ2n) is 3.50. The van der Waals surface area contributed by atoms with E-state index in [0.29, 0.717) is 0 Å². The van der Waals surface area contributed by atoms with Gasteiger partial charge in [-0.2, -0.15) is 0 Å². The molecule has 1 aromatic carbocycles. The number of aromatic nitrogens is 2. The fourth-order valence-electron chi connectivity index (χ4n) is 1.63. The SMILES string of the molecule is C=CC(Cc1ccccc1)n1ccnc1. The monoisotopic (exact) mass is 198 g/mol. The zero-order chi connectivity index (χ0) is 10.5. The van der Waals surface area contributed by atoms with Crippen molar-refractivity contribution in [2.75, 3.05) is 0 Å². The Morgan fingerprint density at radius 2 is 2.13 bits per heavy atom. The van der Waals surface area contributed by atoms with Crippen LogP contribution in [-0.4, -0.2) is 9.55 Å². The molecule has 0 aliphatic heterocycles. The largest absolute Gasteiger partial charge is 0.330 e. The van der Waals surface area contributed by atoms with Gasteiger partial charge in [-0.15, -0.1) is 6.58 Å². The van der Waals surface area contributed by atoms with Crippen LogP contribution in [0.3, 0.4) is 0 Å². The van der Waals surface area contributed by atoms with E-state index in [9.17, 15) is 0 Å². The zero-order valence-electron chi connectivity index (χ0n) is 8.58. The van der Waals surface area contributed by atoms with Gasteiger partial charge in [0.15, 0.2) is 0 Å². The fraction of sp³-hybridized carbons (Fsp3) is 0.154. The van der Waals surface area contributed by atoms with Gasteiger partial charge in [0.1, 0.15) is 0 Å². The lowest BCUT2D eigenvalue weighted by atomic mass is 10.1. The summed E-state index contributed by atoms with van der Waals surface area (Å²) in [6.45, 7) is 3.86. The van der Waals surface area contributed by atoms with Crippen molar-refractivity contribution in [1.82, 2.24) is 9.55 Å². The highest BCUT2D eigenvalue weighted by Crippen LogP contribution is 2.14. The second kappa shape index (κ2) is 4.60. The summed E-state index contributed by atoms with van der Waals surface area (Å²) < 4.78 is 2.07. The molecule has 0 bridgehead atoms. The number of nitrogens with zero attached hydrogens (tertiary/aromatic N) is 2. The summed E-state index contributed by atoms with van der Waals surface area (Å²) in [5, 5.41) is 0. The molecule has 0 N–H and O–H groups in total. The van der Waals surface area contributed by atoms with Crippen LogP contribution < -0.4 is 0 Å². The Kier molecular flexibility index (Phi) is 2.98. The van der Waals surface area contributed by atoms with E-state index in [-0.39, 0.29) is 6.04 Å². The first-order valence-corrected chi connectivity index (χ1v) is 5.04. The van der Waals surface area contributed by atoms with Gasteiger partial charge >= 0.3 is 0 Å². The first kappa shape index (κ1) is 9.71. The van der Waals surface area contributed by atoms with Crippen LogP contribution in [0.4, 0.5) is 0 Å². The zero-order valence-corrected chi connectivity index (χ0v) is 8.58. The Bertz CT molecular complexity index is 403. The van der Waals surface area contributed by atoms with Crippen molar-refractivity contribution in [3.8, 4) is 0 Å². The Balaban J connectivity index is 2.13. The summed E-state index contributed by atoms with van der Waals surface area (Å²) in [4.78, 5) is 4.05. The number of hydrogen-bond acceptors (Lipinski definition) is 1. The molecule has 0 saturated carbocycles. The summed E-state index contributed by atoms with van der Waals surface area (Å²) >= 11 is 0. The molecule has 2 heteroatoms. The van der Waals surface area contributed by atoms with Gasteiger partial charge in [-0.1, -0.05) is 36.4 Å². The van der Waals surface area contributed by atoms with Gasteiger partial charge in [0, 0.05) is 12.4 Å². The van der Waals surface area contributed by atoms with Crippen molar-refractivity contribution in [2.24, 2.45) is 0 Å². The van der Waals surface area contributed by atoms with Gasteiger partial charge in [0.2, 0.25) is 0 Å². The van der Waals surface area contributed by atoms with E-state index in [4.69, 9.17) is 0 Å². The average molecular weight is 198 g/mol. The molecule has 15 heavy (non-hydrogen) atoms. The number of allylic oxidation sites excluding steroid dienone is 1. The molecule has 0 saturated heterocycles. The van der Waals surface area contributed by atoms with Gasteiger partial charge in [0.05, 0.1) is 12.4 Å². The van der Waals surface area contributed by atoms with Crippen LogP contribution in [0.2, 0.25) is 0 Å². The van der Waals surface area contributed by atoms with Crippen molar-refractivity contribution in [3.63, 3.8) is 0 Å². The molecule has 0 radical (unpaired) electrons. The summed E-state index contributed by atoms with van der Waals surface area (Å²) in [5.74, 6) is 0. The van der Waals surface area contributed by atoms with E-state index in [0.717, 1.165) is 6.42 Å². The molecule has 0 aliphatic carbocycles. The van der Waals surface area contributed by atoms with Crippen molar-refractivity contribution in [1.29, 1.82) is 0 Å². The standard InChI is InChI=1S/C13H14N2/c1-2-13(15-9-8-14-11-15)10-12-6-4-3-5-7-12/h2-9,11,13H,1,10H2. The molecule has 2 nitrogen and oxygen atoms in total. The van der Waals surface area contributed by atoms with Crippen LogP contribution in [0, 0.1) is 0 Å². The highest BCUT2D eigenvalue weighted by Gasteiger charge is 2.06. The average Bonchev–Trinajstić information content (AvgIpc) is 2.81. The van der Waals surface area contributed by atoms with E-state index in [1.54, 1.807) is 6.20 Å². The fourth-order valence-corrected chi connectivity index (χ4v) is 1.63. The van der Waals surface area contributed by atoms with E-state index >= 15 is 0 Å². The number of imidazole rings is 1. The molecule has 2 rings (SSSR count). The molecule has 1 atom stereocenters. The first-order valence-electron chi connectivity index (χ1n) is 5.04. The maximum absolute atomic E-state index is 4.05. The molecule has 76 valence electrons. The molecule has 1 heterocycles. The molecule has 0 aliphatic rings. The minimum atomic E-state index is 0.287. The lowest BCUT2D eigenvalue weighted by molar-refractivity contribution is 0.601. The van der Waals surface area contributed by atoms with E-state index in [2.05, 4.69) is 40.4 Å². The second-order valence-corrected chi connectivity index (χ2v) is 3.50. The van der Waals surface area contributed by atoms with E-state index in [1.807, 2.05) is 24.7 Å². The van der Waals surface area contributed by atoms with Crippen LogP contribution in [0.1, 0.15) is 11.6 Å². The highest BCUT2D eigenvalue weighted by atomic mass is 15.0. The van der Waals surface area contributed by atoms with Crippen molar-refractivity contribution >= 4 is 0 Å². The molecule has 0 spiro atoms. The quantitative estimate of drug-likeness (QED) is 0.691. The summed E-state index contributed by atoms with van der Waals surface area (Å²) in [7, 11) is 0. The van der Waals surface area contributed by atoms with Gasteiger partial charge in [-0.3, -0.25) is 0 Å². The molecule has 0 fully saturated rings. The molecular formula is C13H14N2. The van der Waals surface area contributed by atoms with Crippen LogP contribution >= 0.6 is 0 Å². The van der Waals surface area contributed by atoms with Crippen LogP contribution in [0.5, 0.6) is 0 Å². The third kappa shape index (κ3) is 2.34. The molecule has 0 amide bonds. The Labute approximate surface area is 89.9 Å². The lowest BCUT2D eigenvalue weighted by Gasteiger charge is -2.13. The highest BCUT2D eigenvalue weighted by molar-refractivity contribution is 5.16. The van der Waals surface area contributed by atoms with Crippen LogP contribution in [-0.2, 0) is 6.42 Å². The summed E-state index contributed by atoms with van der Waals surface area (Å²) in [6.07, 6.45) is 8.50. The van der Waals surface area contributed by atoms with Crippen molar-refractivity contribution in [2.45, 2.75) is 12.5 Å². The maximum atomic E-state index is 4.05. The van der Waals surface area contributed by atoms with Crippen LogP contribution in [0.15, 0.2) is 61.7 Å². The number of benzene rings is 1. The molecule has 1 unspecified atom stereocenters. The van der Waals surface area contributed by atoms with Gasteiger partial charge in [-0.25, -0.2) is 4.98 Å². The van der Waals surface area contributed by atoms with Gasteiger partial charge in [0.25, 0.3) is 0 Å². The van der Waals surface area contributed by atoms with Gasteiger partial charge in [-0.05, 0) is 12.0 Å². The lowest BCUT2D eigenvalue weighted by Crippen LogP contribution is -2.07. The smallest absolute Gasteiger partial charge is 0.0951 e. The third-order valence-electron chi connectivity index (χ3n) is 2.47. The molecular weight excluding hydrogens is 184 g/mol. The van der Waals surface area contributed by atoms with Crippen molar-refractivity contribution < 1.29 is 0 Å². The predicted octanol–water partition coefficient (Wildman–Crippen LogP) is 2.85. The normalized spacial score (nSPS) is 12.3. The summed E-state index contributed by atoms with van der Waals surface area (Å²) in [5.41, 5.74) is 1.32. The minimum Gasteiger partial charge on any atom is -0.330 e. The van der Waals surface area contributed by atoms with Crippen LogP contribution in [0.25, 0.3) is 0 Å². The topological polar surface area (TPSA) is 17.8 Å². The number of rotatable bonds is 4. The first-order chi connectivity index (χ1) is 7.40. The molecule has 2 aromatic rings. The summed E-state index contributed by atoms with van der Waals surface area (Å²) in [6, 6.07) is 10.7. The Morgan fingerprint density at radius 1 is 1.33 bits per heavy atom. The Morgan fingerprint density at radius 3 is 2.73 bits per heavy atom. The predicted molar refractivity (Wildman–Crippen MR) is 61.6 cm³/mol. The van der Waals surface area contributed by atoms with E-state index in [1.165, 1.54) is 5.56 Å². The minimum absolute atomic E-state index is 0.287. The van der Waals surface area contributed by atoms with Gasteiger partial charge < -0.3 is 4.57 Å². The Hall–Kier alpha value is -1.83. The van der Waals surface area contributed by atoms with E-state index < -0.39 is 0 Å².